The molecule has 2 heterocycles. The van der Waals surface area contributed by atoms with E-state index in [1.54, 1.807) is 0 Å². The Bertz CT molecular complexity index is 563. The maximum atomic E-state index is 12.7. The Morgan fingerprint density at radius 1 is 1.29 bits per heavy atom. The molecule has 0 aromatic carbocycles. The molecule has 1 saturated heterocycles. The molecule has 1 aromatic heterocycles. The summed E-state index contributed by atoms with van der Waals surface area (Å²) in [7, 11) is 0. The molecule has 0 radical (unpaired) electrons. The van der Waals surface area contributed by atoms with Crippen molar-refractivity contribution in [1.82, 2.24) is 4.90 Å². The quantitative estimate of drug-likeness (QED) is 0.854. The van der Waals surface area contributed by atoms with Crippen LogP contribution in [0.2, 0.25) is 0 Å². The third-order valence-electron chi connectivity index (χ3n) is 4.61. The summed E-state index contributed by atoms with van der Waals surface area (Å²) < 4.78 is 0. The zero-order valence-corrected chi connectivity index (χ0v) is 13.0. The molecule has 1 aliphatic carbocycles. The highest BCUT2D eigenvalue weighted by atomic mass is 32.1. The molecule has 1 amide bonds. The van der Waals surface area contributed by atoms with Crippen molar-refractivity contribution < 1.29 is 9.90 Å². The Labute approximate surface area is 130 Å². The molecule has 21 heavy (non-hydrogen) atoms. The molecular weight excluding hydrogens is 282 g/mol. The third-order valence-corrected chi connectivity index (χ3v) is 5.60. The summed E-state index contributed by atoms with van der Waals surface area (Å²) in [6.07, 6.45) is 7.51. The summed E-state index contributed by atoms with van der Waals surface area (Å²) in [6.45, 7) is 0.757. The molecule has 0 spiro atoms. The van der Waals surface area contributed by atoms with E-state index in [4.69, 9.17) is 5.11 Å². The molecule has 2 aliphatic rings. The Hall–Kier alpha value is -1.31. The van der Waals surface area contributed by atoms with Gasteiger partial charge in [-0.25, -0.2) is 0 Å². The smallest absolute Gasteiger partial charge is 0.264 e. The topological polar surface area (TPSA) is 40.5 Å². The van der Waals surface area contributed by atoms with Crippen molar-refractivity contribution in [3.05, 3.63) is 21.9 Å². The molecule has 1 atom stereocenters. The summed E-state index contributed by atoms with van der Waals surface area (Å²) in [5.41, 5.74) is 0. The van der Waals surface area contributed by atoms with Gasteiger partial charge in [0.2, 0.25) is 0 Å². The Kier molecular flexibility index (Phi) is 4.62. The summed E-state index contributed by atoms with van der Waals surface area (Å²) in [6, 6.07) is 4.20. The van der Waals surface area contributed by atoms with Gasteiger partial charge in [-0.05, 0) is 43.7 Å². The number of hydrogen-bond donors (Lipinski definition) is 1. The van der Waals surface area contributed by atoms with Crippen molar-refractivity contribution >= 4 is 17.2 Å². The zero-order valence-electron chi connectivity index (χ0n) is 12.2. The fraction of sp³-hybridized carbons (Fsp3) is 0.588. The summed E-state index contributed by atoms with van der Waals surface area (Å²) >= 11 is 1.44. The zero-order chi connectivity index (χ0) is 14.7. The van der Waals surface area contributed by atoms with Gasteiger partial charge in [0.15, 0.2) is 0 Å². The third kappa shape index (κ3) is 3.14. The van der Waals surface area contributed by atoms with Gasteiger partial charge < -0.3 is 10.0 Å². The summed E-state index contributed by atoms with van der Waals surface area (Å²) in [5, 5.41) is 8.73. The second kappa shape index (κ2) is 6.64. The van der Waals surface area contributed by atoms with Crippen LogP contribution in [-0.2, 0) is 0 Å². The van der Waals surface area contributed by atoms with E-state index in [-0.39, 0.29) is 12.5 Å². The molecule has 0 bridgehead atoms. The van der Waals surface area contributed by atoms with Gasteiger partial charge in [-0.3, -0.25) is 4.79 Å². The van der Waals surface area contributed by atoms with E-state index in [9.17, 15) is 4.79 Å². The van der Waals surface area contributed by atoms with Crippen molar-refractivity contribution in [2.24, 2.45) is 5.92 Å². The van der Waals surface area contributed by atoms with Gasteiger partial charge in [-0.2, -0.15) is 0 Å². The number of thiophene rings is 1. The predicted octanol–water partition coefficient (Wildman–Crippen LogP) is 2.89. The average molecular weight is 303 g/mol. The van der Waals surface area contributed by atoms with Gasteiger partial charge in [0, 0.05) is 12.6 Å². The van der Waals surface area contributed by atoms with Gasteiger partial charge in [0.05, 0.1) is 9.75 Å². The number of aliphatic hydroxyl groups is 1. The van der Waals surface area contributed by atoms with E-state index in [0.29, 0.717) is 12.0 Å². The van der Waals surface area contributed by atoms with Gasteiger partial charge in [0.25, 0.3) is 5.91 Å². The number of rotatable bonds is 2. The Morgan fingerprint density at radius 3 is 2.86 bits per heavy atom. The van der Waals surface area contributed by atoms with Crippen LogP contribution in [0.3, 0.4) is 0 Å². The lowest BCUT2D eigenvalue weighted by Crippen LogP contribution is -2.39. The molecule has 3 nitrogen and oxygen atoms in total. The van der Waals surface area contributed by atoms with Crippen LogP contribution in [-0.4, -0.2) is 35.1 Å². The SMILES string of the molecule is O=C(c1ccc(C#CCO)s1)N1CCCC1C1CCCC1. The van der Waals surface area contributed by atoms with Crippen LogP contribution in [0.1, 0.15) is 53.1 Å². The number of carbonyl (C=O) groups is 1. The predicted molar refractivity (Wildman–Crippen MR) is 84.3 cm³/mol. The summed E-state index contributed by atoms with van der Waals surface area (Å²) in [5.74, 6) is 6.39. The van der Waals surface area contributed by atoms with E-state index in [1.165, 1.54) is 43.4 Å². The minimum Gasteiger partial charge on any atom is -0.384 e. The van der Waals surface area contributed by atoms with Crippen molar-refractivity contribution in [2.45, 2.75) is 44.6 Å². The molecule has 1 N–H and O–H groups in total. The lowest BCUT2D eigenvalue weighted by atomic mass is 9.96. The molecule has 1 saturated carbocycles. The van der Waals surface area contributed by atoms with Crippen molar-refractivity contribution in [3.63, 3.8) is 0 Å². The van der Waals surface area contributed by atoms with E-state index < -0.39 is 0 Å². The molecule has 1 aliphatic heterocycles. The molecule has 3 rings (SSSR count). The van der Waals surface area contributed by atoms with E-state index >= 15 is 0 Å². The highest BCUT2D eigenvalue weighted by Gasteiger charge is 2.36. The molecule has 4 heteroatoms. The van der Waals surface area contributed by atoms with Crippen LogP contribution in [0.5, 0.6) is 0 Å². The first-order valence-electron chi connectivity index (χ1n) is 7.80. The number of nitrogens with zero attached hydrogens (tertiary/aromatic N) is 1. The standard InChI is InChI=1S/C17H21NO2S/c19-12-4-7-14-9-10-16(21-14)17(20)18-11-3-8-15(18)13-5-1-2-6-13/h9-10,13,15,19H,1-3,5-6,8,11-12H2. The van der Waals surface area contributed by atoms with Gasteiger partial charge in [0.1, 0.15) is 6.61 Å². The highest BCUT2D eigenvalue weighted by molar-refractivity contribution is 7.14. The Morgan fingerprint density at radius 2 is 2.10 bits per heavy atom. The van der Waals surface area contributed by atoms with Gasteiger partial charge in [-0.1, -0.05) is 24.7 Å². The highest BCUT2D eigenvalue weighted by Crippen LogP contribution is 2.36. The lowest BCUT2D eigenvalue weighted by Gasteiger charge is -2.29. The Balaban J connectivity index is 1.72. The van der Waals surface area contributed by atoms with Crippen LogP contribution >= 0.6 is 11.3 Å². The molecular formula is C17H21NO2S. The van der Waals surface area contributed by atoms with Gasteiger partial charge in [-0.15, -0.1) is 11.3 Å². The number of likely N-dealkylation sites (tertiary alicyclic amines) is 1. The largest absolute Gasteiger partial charge is 0.384 e. The van der Waals surface area contributed by atoms with Crippen LogP contribution in [0, 0.1) is 17.8 Å². The first-order valence-corrected chi connectivity index (χ1v) is 8.62. The van der Waals surface area contributed by atoms with Crippen LogP contribution < -0.4 is 0 Å². The van der Waals surface area contributed by atoms with Gasteiger partial charge >= 0.3 is 0 Å². The van der Waals surface area contributed by atoms with Crippen LogP contribution in [0.4, 0.5) is 0 Å². The number of hydrogen-bond acceptors (Lipinski definition) is 3. The number of carbonyl (C=O) groups excluding carboxylic acids is 1. The maximum absolute atomic E-state index is 12.7. The maximum Gasteiger partial charge on any atom is 0.264 e. The minimum atomic E-state index is -0.142. The van der Waals surface area contributed by atoms with Crippen LogP contribution in [0.15, 0.2) is 12.1 Å². The monoisotopic (exact) mass is 303 g/mol. The van der Waals surface area contributed by atoms with Crippen molar-refractivity contribution in [1.29, 1.82) is 0 Å². The van der Waals surface area contributed by atoms with Crippen molar-refractivity contribution in [3.8, 4) is 11.8 Å². The molecule has 2 fully saturated rings. The first-order chi connectivity index (χ1) is 10.3. The van der Waals surface area contributed by atoms with Crippen molar-refractivity contribution in [2.75, 3.05) is 13.2 Å². The van der Waals surface area contributed by atoms with E-state index in [0.717, 1.165) is 22.7 Å². The average Bonchev–Trinajstić information content (AvgIpc) is 3.23. The summed E-state index contributed by atoms with van der Waals surface area (Å²) in [4.78, 5) is 16.5. The first kappa shape index (κ1) is 14.6. The van der Waals surface area contributed by atoms with Crippen LogP contribution in [0.25, 0.3) is 0 Å². The number of amides is 1. The molecule has 1 unspecified atom stereocenters. The normalized spacial score (nSPS) is 22.3. The van der Waals surface area contributed by atoms with E-state index in [1.807, 2.05) is 12.1 Å². The number of aliphatic hydroxyl groups excluding tert-OH is 1. The van der Waals surface area contributed by atoms with E-state index in [2.05, 4.69) is 16.7 Å². The molecule has 112 valence electrons. The molecule has 1 aromatic rings. The second-order valence-electron chi connectivity index (χ2n) is 5.88. The fourth-order valence-corrected chi connectivity index (χ4v) is 4.50. The minimum absolute atomic E-state index is 0.142. The fourth-order valence-electron chi connectivity index (χ4n) is 3.67. The second-order valence-corrected chi connectivity index (χ2v) is 6.96. The lowest BCUT2D eigenvalue weighted by molar-refractivity contribution is 0.0694.